The molecule has 0 unspecified atom stereocenters. The van der Waals surface area contributed by atoms with Crippen molar-refractivity contribution in [3.63, 3.8) is 0 Å². The predicted molar refractivity (Wildman–Crippen MR) is 148 cm³/mol. The molecule has 39 heavy (non-hydrogen) atoms. The predicted octanol–water partition coefficient (Wildman–Crippen LogP) is 3.92. The summed E-state index contributed by atoms with van der Waals surface area (Å²) in [6.07, 6.45) is 0.0846. The lowest BCUT2D eigenvalue weighted by molar-refractivity contribution is -0.125. The first-order chi connectivity index (χ1) is 18.9. The second-order valence-corrected chi connectivity index (χ2v) is 8.94. The van der Waals surface area contributed by atoms with Crippen molar-refractivity contribution < 1.29 is 28.6 Å². The van der Waals surface area contributed by atoms with Crippen molar-refractivity contribution in [1.29, 1.82) is 0 Å². The third-order valence-electron chi connectivity index (χ3n) is 6.24. The summed E-state index contributed by atoms with van der Waals surface area (Å²) >= 11 is 0. The summed E-state index contributed by atoms with van der Waals surface area (Å²) in [6.45, 7) is 4.33. The number of carbonyl (C=O) groups excluding carboxylic acids is 3. The van der Waals surface area contributed by atoms with Gasteiger partial charge < -0.3 is 24.4 Å². The Labute approximate surface area is 227 Å². The van der Waals surface area contributed by atoms with Crippen LogP contribution in [-0.4, -0.2) is 44.6 Å². The van der Waals surface area contributed by atoms with Crippen molar-refractivity contribution in [2.24, 2.45) is 5.92 Å². The van der Waals surface area contributed by atoms with E-state index in [1.807, 2.05) is 38.1 Å². The maximum atomic E-state index is 12.9. The minimum absolute atomic E-state index is 0.0846. The van der Waals surface area contributed by atoms with E-state index in [1.54, 1.807) is 47.4 Å². The van der Waals surface area contributed by atoms with Crippen LogP contribution in [0.25, 0.3) is 0 Å². The number of aryl methyl sites for hydroxylation is 1. The SMILES string of the molecule is CCOc1ccc(N2C[C@@H](C(=O)NNc3cccc(OC)c3OCC(=O)Nc3ccccc3C)CC2=O)cc1. The maximum Gasteiger partial charge on any atom is 0.262 e. The van der Waals surface area contributed by atoms with Crippen LogP contribution in [0, 0.1) is 12.8 Å². The molecule has 0 aliphatic carbocycles. The highest BCUT2D eigenvalue weighted by molar-refractivity contribution is 6.00. The van der Waals surface area contributed by atoms with Crippen LogP contribution < -0.4 is 35.3 Å². The number of ether oxygens (including phenoxy) is 3. The van der Waals surface area contributed by atoms with Crippen LogP contribution in [0.2, 0.25) is 0 Å². The third kappa shape index (κ3) is 6.78. The van der Waals surface area contributed by atoms with Gasteiger partial charge in [0.2, 0.25) is 11.8 Å². The lowest BCUT2D eigenvalue weighted by Gasteiger charge is -2.19. The Morgan fingerprint density at radius 1 is 0.974 bits per heavy atom. The quantitative estimate of drug-likeness (QED) is 0.321. The lowest BCUT2D eigenvalue weighted by atomic mass is 10.1. The number of nitrogens with zero attached hydrogens (tertiary/aromatic N) is 1. The summed E-state index contributed by atoms with van der Waals surface area (Å²) in [6, 6.07) is 19.7. The van der Waals surface area contributed by atoms with Crippen LogP contribution in [-0.2, 0) is 14.4 Å². The fourth-order valence-corrected chi connectivity index (χ4v) is 4.21. The molecule has 0 radical (unpaired) electrons. The minimum atomic E-state index is -0.550. The molecule has 4 rings (SSSR count). The Bertz CT molecular complexity index is 1330. The van der Waals surface area contributed by atoms with Gasteiger partial charge in [-0.25, -0.2) is 0 Å². The van der Waals surface area contributed by atoms with Gasteiger partial charge >= 0.3 is 0 Å². The summed E-state index contributed by atoms with van der Waals surface area (Å²) in [5, 5.41) is 2.82. The van der Waals surface area contributed by atoms with E-state index in [0.717, 1.165) is 11.3 Å². The van der Waals surface area contributed by atoms with Crippen molar-refractivity contribution in [3.05, 3.63) is 72.3 Å². The van der Waals surface area contributed by atoms with Crippen LogP contribution in [0.5, 0.6) is 17.2 Å². The van der Waals surface area contributed by atoms with E-state index in [0.29, 0.717) is 29.4 Å². The van der Waals surface area contributed by atoms with Gasteiger partial charge in [0.1, 0.15) is 5.75 Å². The number of hydrogen-bond acceptors (Lipinski definition) is 7. The Balaban J connectivity index is 1.36. The standard InChI is InChI=1S/C29H32N4O6/c1-4-38-22-14-12-21(13-15-22)33-17-20(16-27(33)35)29(36)32-31-24-10-7-11-25(37-3)28(24)39-18-26(34)30-23-9-6-5-8-19(23)2/h5-15,20,31H,4,16-18H2,1-3H3,(H,30,34)(H,32,36)/t20-/m0/s1. The third-order valence-corrected chi connectivity index (χ3v) is 6.24. The monoisotopic (exact) mass is 532 g/mol. The molecule has 204 valence electrons. The minimum Gasteiger partial charge on any atom is -0.494 e. The second-order valence-electron chi connectivity index (χ2n) is 8.94. The van der Waals surface area contributed by atoms with Crippen molar-refractivity contribution in [1.82, 2.24) is 5.43 Å². The van der Waals surface area contributed by atoms with Gasteiger partial charge in [0, 0.05) is 24.3 Å². The molecule has 1 aliphatic rings. The molecule has 0 bridgehead atoms. The van der Waals surface area contributed by atoms with Crippen LogP contribution in [0.1, 0.15) is 18.9 Å². The van der Waals surface area contributed by atoms with Crippen LogP contribution in [0.4, 0.5) is 17.1 Å². The molecular formula is C29H32N4O6. The highest BCUT2D eigenvalue weighted by Crippen LogP contribution is 2.35. The van der Waals surface area contributed by atoms with Gasteiger partial charge in [-0.3, -0.25) is 25.2 Å². The number of hydrogen-bond donors (Lipinski definition) is 3. The van der Waals surface area contributed by atoms with Gasteiger partial charge in [-0.15, -0.1) is 0 Å². The summed E-state index contributed by atoms with van der Waals surface area (Å²) in [7, 11) is 1.48. The van der Waals surface area contributed by atoms with E-state index in [-0.39, 0.29) is 43.0 Å². The van der Waals surface area contributed by atoms with Crippen LogP contribution >= 0.6 is 0 Å². The van der Waals surface area contributed by atoms with E-state index in [2.05, 4.69) is 16.2 Å². The Hall–Kier alpha value is -4.73. The molecule has 10 heteroatoms. The summed E-state index contributed by atoms with van der Waals surface area (Å²) in [5.41, 5.74) is 8.25. The average Bonchev–Trinajstić information content (AvgIpc) is 3.34. The molecule has 3 aromatic carbocycles. The van der Waals surface area contributed by atoms with Crippen molar-refractivity contribution in [3.8, 4) is 17.2 Å². The first-order valence-corrected chi connectivity index (χ1v) is 12.6. The van der Waals surface area contributed by atoms with Gasteiger partial charge in [-0.05, 0) is 61.9 Å². The zero-order valence-corrected chi connectivity index (χ0v) is 22.2. The van der Waals surface area contributed by atoms with Crippen molar-refractivity contribution in [2.45, 2.75) is 20.3 Å². The van der Waals surface area contributed by atoms with E-state index in [1.165, 1.54) is 7.11 Å². The first-order valence-electron chi connectivity index (χ1n) is 12.6. The zero-order valence-electron chi connectivity index (χ0n) is 22.2. The molecule has 1 fully saturated rings. The van der Waals surface area contributed by atoms with E-state index in [4.69, 9.17) is 14.2 Å². The molecule has 0 saturated carbocycles. The number of para-hydroxylation sites is 2. The number of amides is 3. The number of nitrogens with one attached hydrogen (secondary N) is 3. The molecule has 1 atom stereocenters. The molecular weight excluding hydrogens is 500 g/mol. The molecule has 10 nitrogen and oxygen atoms in total. The highest BCUT2D eigenvalue weighted by atomic mass is 16.5. The van der Waals surface area contributed by atoms with Crippen molar-refractivity contribution in [2.75, 3.05) is 42.5 Å². The summed E-state index contributed by atoms with van der Waals surface area (Å²) < 4.78 is 16.6. The van der Waals surface area contributed by atoms with Gasteiger partial charge in [0.05, 0.1) is 25.3 Å². The molecule has 3 amide bonds. The number of rotatable bonds is 11. The molecule has 1 heterocycles. The zero-order chi connectivity index (χ0) is 27.8. The normalized spacial score (nSPS) is 14.5. The maximum absolute atomic E-state index is 12.9. The van der Waals surface area contributed by atoms with Gasteiger partial charge in [-0.1, -0.05) is 24.3 Å². The molecule has 1 saturated heterocycles. The molecule has 0 spiro atoms. The Kier molecular flexibility index (Phi) is 8.88. The lowest BCUT2D eigenvalue weighted by Crippen LogP contribution is -2.36. The molecule has 3 N–H and O–H groups in total. The Morgan fingerprint density at radius 3 is 2.44 bits per heavy atom. The van der Waals surface area contributed by atoms with Gasteiger partial charge in [0.15, 0.2) is 18.1 Å². The summed E-state index contributed by atoms with van der Waals surface area (Å²) in [4.78, 5) is 39.7. The average molecular weight is 533 g/mol. The molecule has 3 aromatic rings. The fourth-order valence-electron chi connectivity index (χ4n) is 4.21. The smallest absolute Gasteiger partial charge is 0.262 e. The number of carbonyl (C=O) groups is 3. The highest BCUT2D eigenvalue weighted by Gasteiger charge is 2.35. The van der Waals surface area contributed by atoms with E-state index >= 15 is 0 Å². The Morgan fingerprint density at radius 2 is 1.72 bits per heavy atom. The second kappa shape index (κ2) is 12.7. The van der Waals surface area contributed by atoms with Gasteiger partial charge in [0.25, 0.3) is 5.91 Å². The van der Waals surface area contributed by atoms with Crippen LogP contribution in [0.3, 0.4) is 0 Å². The van der Waals surface area contributed by atoms with E-state index in [9.17, 15) is 14.4 Å². The number of hydrazine groups is 1. The fraction of sp³-hybridized carbons (Fsp3) is 0.276. The largest absolute Gasteiger partial charge is 0.494 e. The van der Waals surface area contributed by atoms with Gasteiger partial charge in [-0.2, -0.15) is 0 Å². The number of benzene rings is 3. The van der Waals surface area contributed by atoms with Crippen molar-refractivity contribution >= 4 is 34.8 Å². The van der Waals surface area contributed by atoms with Crippen LogP contribution in [0.15, 0.2) is 66.7 Å². The number of methoxy groups -OCH3 is 1. The van der Waals surface area contributed by atoms with E-state index < -0.39 is 5.92 Å². The number of anilines is 3. The summed E-state index contributed by atoms with van der Waals surface area (Å²) in [5.74, 6) is -0.00697. The first kappa shape index (κ1) is 27.3. The molecule has 0 aromatic heterocycles. The molecule has 1 aliphatic heterocycles. The topological polar surface area (TPSA) is 118 Å².